The van der Waals surface area contributed by atoms with Crippen molar-refractivity contribution < 1.29 is 4.79 Å². The molecule has 3 nitrogen and oxygen atoms in total. The first kappa shape index (κ1) is 15.1. The number of nitrogen functional groups attached to an aromatic ring is 1. The first-order valence-corrected chi connectivity index (χ1v) is 7.21. The van der Waals surface area contributed by atoms with Crippen molar-refractivity contribution in [2.75, 3.05) is 11.1 Å². The molecule has 0 spiro atoms. The molecule has 2 aromatic rings. The van der Waals surface area contributed by atoms with Crippen LogP contribution >= 0.6 is 0 Å². The van der Waals surface area contributed by atoms with Crippen LogP contribution in [-0.2, 0) is 11.2 Å². The molecule has 0 fully saturated rings. The molecular formula is C18H22N2O. The topological polar surface area (TPSA) is 55.1 Å². The summed E-state index contributed by atoms with van der Waals surface area (Å²) in [5, 5.41) is 3.05. The van der Waals surface area contributed by atoms with Crippen molar-refractivity contribution in [1.82, 2.24) is 0 Å². The smallest absolute Gasteiger partial charge is 0.228 e. The summed E-state index contributed by atoms with van der Waals surface area (Å²) in [6.07, 6.45) is 0.353. The minimum Gasteiger partial charge on any atom is -0.399 e. The molecule has 3 heteroatoms. The van der Waals surface area contributed by atoms with Gasteiger partial charge < -0.3 is 11.1 Å². The summed E-state index contributed by atoms with van der Waals surface area (Å²) in [5.41, 5.74) is 10.5. The summed E-state index contributed by atoms with van der Waals surface area (Å²) < 4.78 is 0. The van der Waals surface area contributed by atoms with Crippen LogP contribution in [0.5, 0.6) is 0 Å². The average molecular weight is 282 g/mol. The van der Waals surface area contributed by atoms with Gasteiger partial charge >= 0.3 is 0 Å². The monoisotopic (exact) mass is 282 g/mol. The predicted molar refractivity (Wildman–Crippen MR) is 88.5 cm³/mol. The summed E-state index contributed by atoms with van der Waals surface area (Å²) in [6, 6.07) is 13.5. The zero-order valence-electron chi connectivity index (χ0n) is 12.8. The number of hydrogen-bond donors (Lipinski definition) is 2. The van der Waals surface area contributed by atoms with Crippen molar-refractivity contribution in [3.63, 3.8) is 0 Å². The standard InChI is InChI=1S/C18H22N2O/c1-12(2)16-6-4-5-13(3)18(16)20-17(21)11-14-7-9-15(19)10-8-14/h4-10,12H,11,19H2,1-3H3,(H,20,21). The van der Waals surface area contributed by atoms with Crippen molar-refractivity contribution in [3.05, 3.63) is 59.2 Å². The van der Waals surface area contributed by atoms with Gasteiger partial charge in [0.25, 0.3) is 0 Å². The Morgan fingerprint density at radius 2 is 1.81 bits per heavy atom. The van der Waals surface area contributed by atoms with Crippen LogP contribution in [0.1, 0.15) is 36.5 Å². The number of carbonyl (C=O) groups is 1. The first-order chi connectivity index (χ1) is 9.97. The highest BCUT2D eigenvalue weighted by molar-refractivity contribution is 5.94. The molecule has 0 unspecified atom stereocenters. The predicted octanol–water partition coefficient (Wildman–Crippen LogP) is 3.88. The first-order valence-electron chi connectivity index (χ1n) is 7.21. The Morgan fingerprint density at radius 1 is 1.14 bits per heavy atom. The van der Waals surface area contributed by atoms with Gasteiger partial charge in [-0.15, -0.1) is 0 Å². The number of para-hydroxylation sites is 1. The molecule has 0 radical (unpaired) electrons. The van der Waals surface area contributed by atoms with E-state index in [2.05, 4.69) is 25.2 Å². The second-order valence-corrected chi connectivity index (χ2v) is 5.66. The van der Waals surface area contributed by atoms with E-state index in [4.69, 9.17) is 5.73 Å². The third-order valence-corrected chi connectivity index (χ3v) is 3.54. The van der Waals surface area contributed by atoms with E-state index in [1.165, 1.54) is 5.56 Å². The fraction of sp³-hybridized carbons (Fsp3) is 0.278. The summed E-state index contributed by atoms with van der Waals surface area (Å²) >= 11 is 0. The lowest BCUT2D eigenvalue weighted by Crippen LogP contribution is -2.16. The van der Waals surface area contributed by atoms with E-state index in [0.29, 0.717) is 18.0 Å². The molecule has 0 heterocycles. The van der Waals surface area contributed by atoms with Crippen molar-refractivity contribution in [2.24, 2.45) is 0 Å². The van der Waals surface area contributed by atoms with E-state index < -0.39 is 0 Å². The number of hydrogen-bond acceptors (Lipinski definition) is 2. The quantitative estimate of drug-likeness (QED) is 0.836. The van der Waals surface area contributed by atoms with Gasteiger partial charge in [-0.3, -0.25) is 4.79 Å². The molecule has 2 rings (SSSR count). The Kier molecular flexibility index (Phi) is 4.63. The molecule has 110 valence electrons. The van der Waals surface area contributed by atoms with Crippen molar-refractivity contribution in [1.29, 1.82) is 0 Å². The van der Waals surface area contributed by atoms with Crippen LogP contribution in [0, 0.1) is 6.92 Å². The van der Waals surface area contributed by atoms with Crippen LogP contribution in [0.4, 0.5) is 11.4 Å². The zero-order chi connectivity index (χ0) is 15.4. The molecule has 21 heavy (non-hydrogen) atoms. The van der Waals surface area contributed by atoms with Crippen LogP contribution in [0.15, 0.2) is 42.5 Å². The van der Waals surface area contributed by atoms with Crippen LogP contribution in [0.2, 0.25) is 0 Å². The summed E-state index contributed by atoms with van der Waals surface area (Å²) in [6.45, 7) is 6.28. The fourth-order valence-electron chi connectivity index (χ4n) is 2.35. The van der Waals surface area contributed by atoms with Gasteiger partial charge in [0.1, 0.15) is 0 Å². The van der Waals surface area contributed by atoms with E-state index >= 15 is 0 Å². The van der Waals surface area contributed by atoms with E-state index in [0.717, 1.165) is 16.8 Å². The second-order valence-electron chi connectivity index (χ2n) is 5.66. The van der Waals surface area contributed by atoms with Crippen molar-refractivity contribution in [2.45, 2.75) is 33.1 Å². The minimum absolute atomic E-state index is 0.00373. The number of nitrogens with two attached hydrogens (primary N) is 1. The van der Waals surface area contributed by atoms with E-state index in [1.807, 2.05) is 43.3 Å². The molecule has 0 bridgehead atoms. The van der Waals surface area contributed by atoms with Crippen LogP contribution in [0.25, 0.3) is 0 Å². The lowest BCUT2D eigenvalue weighted by molar-refractivity contribution is -0.115. The second kappa shape index (κ2) is 6.44. The highest BCUT2D eigenvalue weighted by atomic mass is 16.1. The number of amides is 1. The SMILES string of the molecule is Cc1cccc(C(C)C)c1NC(=O)Cc1ccc(N)cc1. The van der Waals surface area contributed by atoms with Gasteiger partial charge in [0, 0.05) is 11.4 Å². The number of carbonyl (C=O) groups excluding carboxylic acids is 1. The third kappa shape index (κ3) is 3.85. The molecule has 0 atom stereocenters. The van der Waals surface area contributed by atoms with Crippen LogP contribution in [-0.4, -0.2) is 5.91 Å². The van der Waals surface area contributed by atoms with E-state index in [1.54, 1.807) is 0 Å². The van der Waals surface area contributed by atoms with Gasteiger partial charge in [-0.2, -0.15) is 0 Å². The zero-order valence-corrected chi connectivity index (χ0v) is 12.8. The Bertz CT molecular complexity index is 630. The number of nitrogens with one attached hydrogen (secondary N) is 1. The normalized spacial score (nSPS) is 10.7. The van der Waals surface area contributed by atoms with Gasteiger partial charge in [-0.1, -0.05) is 44.2 Å². The summed E-state index contributed by atoms with van der Waals surface area (Å²) in [7, 11) is 0. The molecule has 0 aromatic heterocycles. The molecule has 0 saturated carbocycles. The van der Waals surface area contributed by atoms with E-state index in [9.17, 15) is 4.79 Å². The summed E-state index contributed by atoms with van der Waals surface area (Å²) in [4.78, 5) is 12.3. The van der Waals surface area contributed by atoms with Crippen LogP contribution < -0.4 is 11.1 Å². The highest BCUT2D eigenvalue weighted by Crippen LogP contribution is 2.27. The molecule has 2 aromatic carbocycles. The number of benzene rings is 2. The Hall–Kier alpha value is -2.29. The van der Waals surface area contributed by atoms with Crippen molar-refractivity contribution >= 4 is 17.3 Å². The average Bonchev–Trinajstić information content (AvgIpc) is 2.43. The number of rotatable bonds is 4. The maximum atomic E-state index is 12.3. The molecule has 3 N–H and O–H groups in total. The van der Waals surface area contributed by atoms with Gasteiger partial charge in [-0.05, 0) is 41.7 Å². The molecule has 0 aliphatic carbocycles. The van der Waals surface area contributed by atoms with E-state index in [-0.39, 0.29) is 5.91 Å². The number of anilines is 2. The highest BCUT2D eigenvalue weighted by Gasteiger charge is 2.12. The molecular weight excluding hydrogens is 260 g/mol. The minimum atomic E-state index is -0.00373. The summed E-state index contributed by atoms with van der Waals surface area (Å²) in [5.74, 6) is 0.368. The Balaban J connectivity index is 2.14. The maximum absolute atomic E-state index is 12.3. The molecule has 0 aliphatic rings. The van der Waals surface area contributed by atoms with Gasteiger partial charge in [-0.25, -0.2) is 0 Å². The third-order valence-electron chi connectivity index (χ3n) is 3.54. The largest absolute Gasteiger partial charge is 0.399 e. The van der Waals surface area contributed by atoms with Gasteiger partial charge in [0.05, 0.1) is 6.42 Å². The fourth-order valence-corrected chi connectivity index (χ4v) is 2.35. The van der Waals surface area contributed by atoms with Crippen LogP contribution in [0.3, 0.4) is 0 Å². The molecule has 0 saturated heterocycles. The van der Waals surface area contributed by atoms with Gasteiger partial charge in [0.2, 0.25) is 5.91 Å². The Labute approximate surface area is 126 Å². The lowest BCUT2D eigenvalue weighted by Gasteiger charge is -2.16. The van der Waals surface area contributed by atoms with Crippen molar-refractivity contribution in [3.8, 4) is 0 Å². The Morgan fingerprint density at radius 3 is 2.43 bits per heavy atom. The molecule has 1 amide bonds. The lowest BCUT2D eigenvalue weighted by atomic mass is 9.98. The molecule has 0 aliphatic heterocycles. The van der Waals surface area contributed by atoms with Gasteiger partial charge in [0.15, 0.2) is 0 Å². The maximum Gasteiger partial charge on any atom is 0.228 e. The number of aryl methyl sites for hydroxylation is 1.